The summed E-state index contributed by atoms with van der Waals surface area (Å²) in [7, 11) is 1.50. The van der Waals surface area contributed by atoms with Crippen LogP contribution in [0.1, 0.15) is 33.6 Å². The van der Waals surface area contributed by atoms with E-state index in [1.807, 2.05) is 26.0 Å². The molecule has 0 fully saturated rings. The predicted molar refractivity (Wildman–Crippen MR) is 104 cm³/mol. The quantitative estimate of drug-likeness (QED) is 0.514. The molecule has 0 unspecified atom stereocenters. The number of benzene rings is 2. The van der Waals surface area contributed by atoms with Gasteiger partial charge < -0.3 is 11.1 Å². The Morgan fingerprint density at radius 2 is 1.35 bits per heavy atom. The zero-order valence-corrected chi connectivity index (χ0v) is 14.8. The fourth-order valence-electron chi connectivity index (χ4n) is 2.42. The van der Waals surface area contributed by atoms with Crippen molar-refractivity contribution >= 4 is 27.5 Å². The maximum absolute atomic E-state index is 4.73. The third kappa shape index (κ3) is 4.67. The predicted octanol–water partition coefficient (Wildman–Crippen LogP) is 5.20. The van der Waals surface area contributed by atoms with Gasteiger partial charge in [0.15, 0.2) is 0 Å². The van der Waals surface area contributed by atoms with Crippen molar-refractivity contribution in [2.75, 3.05) is 18.9 Å². The Balaban J connectivity index is 0.000000615. The number of anilines is 1. The molecule has 0 bridgehead atoms. The number of rotatable bonds is 4. The van der Waals surface area contributed by atoms with Crippen LogP contribution in [0, 0.1) is 0 Å². The van der Waals surface area contributed by atoms with Gasteiger partial charge in [0, 0.05) is 17.3 Å². The lowest BCUT2D eigenvalue weighted by Gasteiger charge is -2.12. The molecule has 0 amide bonds. The second-order valence-electron chi connectivity index (χ2n) is 4.80. The monoisotopic (exact) mass is 311 g/mol. The summed E-state index contributed by atoms with van der Waals surface area (Å²) in [4.78, 5) is 4.73. The van der Waals surface area contributed by atoms with Gasteiger partial charge in [0.1, 0.15) is 0 Å². The number of nitrogens with zero attached hydrogens (tertiary/aromatic N) is 1. The highest BCUT2D eigenvalue weighted by atomic mass is 14.9. The highest BCUT2D eigenvalue weighted by Gasteiger charge is 2.07. The number of hydrogen-bond acceptors (Lipinski definition) is 3. The number of aromatic nitrogens is 1. The summed E-state index contributed by atoms with van der Waals surface area (Å²) in [6.45, 7) is 7.22. The van der Waals surface area contributed by atoms with Gasteiger partial charge in [-0.15, -0.1) is 0 Å². The van der Waals surface area contributed by atoms with Gasteiger partial charge in [0.05, 0.1) is 16.7 Å². The number of para-hydroxylation sites is 2. The van der Waals surface area contributed by atoms with E-state index in [0.717, 1.165) is 17.6 Å². The van der Waals surface area contributed by atoms with Crippen molar-refractivity contribution in [1.29, 1.82) is 0 Å². The summed E-state index contributed by atoms with van der Waals surface area (Å²) in [6.07, 6.45) is 2.39. The smallest absolute Gasteiger partial charge is 0.0730 e. The summed E-state index contributed by atoms with van der Waals surface area (Å²) < 4.78 is 0. The lowest BCUT2D eigenvalue weighted by molar-refractivity contribution is 0.835. The number of fused-ring (bicyclic) bond motifs is 2. The first kappa shape index (κ1) is 18.9. The SMILES string of the molecule is CC.CCCCNc1c2ccccc2nc2ccccc12.CN. The highest BCUT2D eigenvalue weighted by Crippen LogP contribution is 2.30. The van der Waals surface area contributed by atoms with Crippen molar-refractivity contribution in [3.05, 3.63) is 48.5 Å². The Kier molecular flexibility index (Phi) is 8.70. The van der Waals surface area contributed by atoms with Gasteiger partial charge in [-0.3, -0.25) is 0 Å². The molecule has 0 saturated heterocycles. The van der Waals surface area contributed by atoms with Crippen molar-refractivity contribution in [2.24, 2.45) is 5.73 Å². The maximum Gasteiger partial charge on any atom is 0.0730 e. The summed E-state index contributed by atoms with van der Waals surface area (Å²) in [6, 6.07) is 16.7. The first-order valence-corrected chi connectivity index (χ1v) is 8.49. The van der Waals surface area contributed by atoms with Gasteiger partial charge in [-0.1, -0.05) is 63.6 Å². The third-order valence-corrected chi connectivity index (χ3v) is 3.42. The van der Waals surface area contributed by atoms with Crippen LogP contribution in [-0.4, -0.2) is 18.6 Å². The van der Waals surface area contributed by atoms with Crippen molar-refractivity contribution < 1.29 is 0 Å². The van der Waals surface area contributed by atoms with Crippen LogP contribution in [0.3, 0.4) is 0 Å². The first-order valence-electron chi connectivity index (χ1n) is 8.49. The molecular formula is C20H29N3. The van der Waals surface area contributed by atoms with Crippen molar-refractivity contribution in [1.82, 2.24) is 4.98 Å². The van der Waals surface area contributed by atoms with Gasteiger partial charge in [-0.2, -0.15) is 0 Å². The molecule has 0 atom stereocenters. The molecule has 3 nitrogen and oxygen atoms in total. The number of nitrogens with two attached hydrogens (primary N) is 1. The summed E-state index contributed by atoms with van der Waals surface area (Å²) in [5.41, 5.74) is 7.83. The van der Waals surface area contributed by atoms with Crippen molar-refractivity contribution in [2.45, 2.75) is 33.6 Å². The van der Waals surface area contributed by atoms with Gasteiger partial charge >= 0.3 is 0 Å². The molecule has 3 rings (SSSR count). The molecule has 1 aromatic heterocycles. The van der Waals surface area contributed by atoms with Crippen LogP contribution in [-0.2, 0) is 0 Å². The van der Waals surface area contributed by atoms with Crippen LogP contribution in [0.2, 0.25) is 0 Å². The first-order chi connectivity index (χ1) is 11.4. The average molecular weight is 311 g/mol. The molecule has 23 heavy (non-hydrogen) atoms. The molecule has 1 heterocycles. The van der Waals surface area contributed by atoms with Crippen LogP contribution >= 0.6 is 0 Å². The van der Waals surface area contributed by atoms with Crippen LogP contribution in [0.5, 0.6) is 0 Å². The van der Waals surface area contributed by atoms with E-state index in [9.17, 15) is 0 Å². The average Bonchev–Trinajstić information content (AvgIpc) is 2.64. The second kappa shape index (κ2) is 10.6. The molecule has 3 N–H and O–H groups in total. The minimum absolute atomic E-state index is 1.01. The van der Waals surface area contributed by atoms with Crippen LogP contribution < -0.4 is 11.1 Å². The number of hydrogen-bond donors (Lipinski definition) is 2. The Morgan fingerprint density at radius 3 is 1.83 bits per heavy atom. The number of unbranched alkanes of at least 4 members (excludes halogenated alkanes) is 1. The van der Waals surface area contributed by atoms with Crippen molar-refractivity contribution in [3.63, 3.8) is 0 Å². The molecule has 2 aromatic carbocycles. The lowest BCUT2D eigenvalue weighted by atomic mass is 10.1. The van der Waals surface area contributed by atoms with Gasteiger partial charge in [-0.25, -0.2) is 4.98 Å². The second-order valence-corrected chi connectivity index (χ2v) is 4.80. The minimum Gasteiger partial charge on any atom is -0.384 e. The van der Waals surface area contributed by atoms with E-state index < -0.39 is 0 Å². The molecule has 0 radical (unpaired) electrons. The molecule has 0 saturated carbocycles. The molecular weight excluding hydrogens is 282 g/mol. The van der Waals surface area contributed by atoms with E-state index in [1.54, 1.807) is 0 Å². The lowest BCUT2D eigenvalue weighted by Crippen LogP contribution is -2.02. The fourth-order valence-corrected chi connectivity index (χ4v) is 2.42. The zero-order chi connectivity index (χ0) is 17.1. The summed E-state index contributed by atoms with van der Waals surface area (Å²) >= 11 is 0. The van der Waals surface area contributed by atoms with Crippen LogP contribution in [0.15, 0.2) is 48.5 Å². The van der Waals surface area contributed by atoms with Gasteiger partial charge in [0.2, 0.25) is 0 Å². The minimum atomic E-state index is 1.01. The topological polar surface area (TPSA) is 50.9 Å². The molecule has 0 aliphatic heterocycles. The van der Waals surface area contributed by atoms with Crippen LogP contribution in [0.4, 0.5) is 5.69 Å². The van der Waals surface area contributed by atoms with Crippen molar-refractivity contribution in [3.8, 4) is 0 Å². The van der Waals surface area contributed by atoms with E-state index in [2.05, 4.69) is 54.4 Å². The third-order valence-electron chi connectivity index (χ3n) is 3.42. The Labute approximate surface area is 139 Å². The molecule has 124 valence electrons. The Bertz CT molecular complexity index is 653. The van der Waals surface area contributed by atoms with E-state index in [4.69, 9.17) is 4.98 Å². The standard InChI is InChI=1S/C17H18N2.C2H6.CH5N/c1-2-3-12-18-17-13-8-4-6-10-15(13)19-16-11-7-5-9-14(16)17;2*1-2/h4-11H,2-3,12H2,1H3,(H,18,19);1-2H3;2H2,1H3. The molecule has 0 spiro atoms. The molecule has 0 aliphatic rings. The highest BCUT2D eigenvalue weighted by molar-refractivity contribution is 6.07. The van der Waals surface area contributed by atoms with Gasteiger partial charge in [0.25, 0.3) is 0 Å². The van der Waals surface area contributed by atoms with E-state index in [-0.39, 0.29) is 0 Å². The van der Waals surface area contributed by atoms with Gasteiger partial charge in [-0.05, 0) is 25.6 Å². The van der Waals surface area contributed by atoms with E-state index in [1.165, 1.54) is 36.3 Å². The Morgan fingerprint density at radius 1 is 0.870 bits per heavy atom. The largest absolute Gasteiger partial charge is 0.384 e. The number of nitrogens with one attached hydrogen (secondary N) is 1. The number of pyridine rings is 1. The zero-order valence-electron chi connectivity index (χ0n) is 14.8. The normalized spacial score (nSPS) is 9.61. The fraction of sp³-hybridized carbons (Fsp3) is 0.350. The Hall–Kier alpha value is -2.13. The van der Waals surface area contributed by atoms with E-state index >= 15 is 0 Å². The van der Waals surface area contributed by atoms with Crippen LogP contribution in [0.25, 0.3) is 21.8 Å². The maximum atomic E-state index is 4.73. The molecule has 3 heteroatoms. The van der Waals surface area contributed by atoms with E-state index in [0.29, 0.717) is 0 Å². The summed E-state index contributed by atoms with van der Waals surface area (Å²) in [5, 5.41) is 6.00. The summed E-state index contributed by atoms with van der Waals surface area (Å²) in [5.74, 6) is 0. The molecule has 0 aliphatic carbocycles. The molecule has 3 aromatic rings.